The lowest BCUT2D eigenvalue weighted by Gasteiger charge is -2.09. The zero-order valence-electron chi connectivity index (χ0n) is 8.94. The van der Waals surface area contributed by atoms with E-state index in [1.165, 1.54) is 6.07 Å². The van der Waals surface area contributed by atoms with E-state index in [-0.39, 0.29) is 11.4 Å². The van der Waals surface area contributed by atoms with Crippen LogP contribution in [0, 0.1) is 0 Å². The average molecular weight is 235 g/mol. The Morgan fingerprint density at radius 1 is 0.941 bits per heavy atom. The summed E-state index contributed by atoms with van der Waals surface area (Å²) >= 11 is 0. The Labute approximate surface area is 97.6 Å². The molecule has 2 aromatic carbocycles. The van der Waals surface area contributed by atoms with E-state index >= 15 is 0 Å². The van der Waals surface area contributed by atoms with Gasteiger partial charge in [0.2, 0.25) is 0 Å². The first-order chi connectivity index (χ1) is 8.16. The second-order valence-corrected chi connectivity index (χ2v) is 3.50. The topological polar surface area (TPSA) is 35.2 Å². The van der Waals surface area contributed by atoms with Crippen LogP contribution in [0.15, 0.2) is 48.5 Å². The van der Waals surface area contributed by atoms with Gasteiger partial charge < -0.3 is 10.5 Å². The molecule has 0 unspecified atom stereocenters. The van der Waals surface area contributed by atoms with Crippen LogP contribution in [0.3, 0.4) is 0 Å². The number of alkyl halides is 2. The highest BCUT2D eigenvalue weighted by Gasteiger charge is 2.08. The van der Waals surface area contributed by atoms with Gasteiger partial charge in [0.05, 0.1) is 5.69 Å². The number of ether oxygens (including phenoxy) is 1. The fraction of sp³-hybridized carbons (Fsp3) is 0.0769. The molecule has 17 heavy (non-hydrogen) atoms. The molecule has 4 heteroatoms. The van der Waals surface area contributed by atoms with E-state index in [1.54, 1.807) is 12.1 Å². The van der Waals surface area contributed by atoms with Crippen LogP contribution >= 0.6 is 0 Å². The van der Waals surface area contributed by atoms with Crippen LogP contribution in [-0.2, 0) is 0 Å². The van der Waals surface area contributed by atoms with E-state index in [2.05, 4.69) is 4.74 Å². The fourth-order valence-electron chi connectivity index (χ4n) is 1.56. The molecule has 88 valence electrons. The molecule has 0 aliphatic heterocycles. The third-order valence-corrected chi connectivity index (χ3v) is 2.33. The van der Waals surface area contributed by atoms with Crippen LogP contribution in [-0.4, -0.2) is 6.61 Å². The minimum atomic E-state index is -2.86. The Morgan fingerprint density at radius 2 is 1.65 bits per heavy atom. The Bertz CT molecular complexity index is 500. The van der Waals surface area contributed by atoms with Crippen LogP contribution in [0.2, 0.25) is 0 Å². The summed E-state index contributed by atoms with van der Waals surface area (Å²) in [7, 11) is 0. The third kappa shape index (κ3) is 2.72. The molecule has 0 fully saturated rings. The summed E-state index contributed by atoms with van der Waals surface area (Å²) < 4.78 is 28.4. The number of rotatable bonds is 3. The van der Waals surface area contributed by atoms with Crippen LogP contribution in [0.25, 0.3) is 11.1 Å². The van der Waals surface area contributed by atoms with Crippen LogP contribution in [0.4, 0.5) is 14.5 Å². The van der Waals surface area contributed by atoms with E-state index in [1.807, 2.05) is 30.3 Å². The van der Waals surface area contributed by atoms with Gasteiger partial charge in [0.1, 0.15) is 5.75 Å². The van der Waals surface area contributed by atoms with Crippen LogP contribution < -0.4 is 10.5 Å². The lowest BCUT2D eigenvalue weighted by Crippen LogP contribution is -2.04. The smallest absolute Gasteiger partial charge is 0.387 e. The molecule has 0 aliphatic carbocycles. The average Bonchev–Trinajstić information content (AvgIpc) is 2.32. The second kappa shape index (κ2) is 4.82. The Kier molecular flexibility index (Phi) is 3.23. The predicted molar refractivity (Wildman–Crippen MR) is 62.9 cm³/mol. The number of benzene rings is 2. The van der Waals surface area contributed by atoms with Gasteiger partial charge >= 0.3 is 6.61 Å². The van der Waals surface area contributed by atoms with Crippen molar-refractivity contribution in [2.45, 2.75) is 6.61 Å². The molecule has 2 N–H and O–H groups in total. The van der Waals surface area contributed by atoms with Gasteiger partial charge in [-0.05, 0) is 23.3 Å². The van der Waals surface area contributed by atoms with E-state index in [0.717, 1.165) is 11.1 Å². The molecule has 0 spiro atoms. The summed E-state index contributed by atoms with van der Waals surface area (Å²) in [5, 5.41) is 0. The Balaban J connectivity index is 2.31. The summed E-state index contributed by atoms with van der Waals surface area (Å²) in [6.07, 6.45) is 0. The normalized spacial score (nSPS) is 10.5. The van der Waals surface area contributed by atoms with E-state index in [9.17, 15) is 8.78 Å². The number of nitrogens with two attached hydrogens (primary N) is 1. The molecule has 0 saturated heterocycles. The van der Waals surface area contributed by atoms with Crippen molar-refractivity contribution >= 4 is 5.69 Å². The molecule has 0 bridgehead atoms. The lowest BCUT2D eigenvalue weighted by atomic mass is 10.1. The fourth-order valence-corrected chi connectivity index (χ4v) is 1.56. The standard InChI is InChI=1S/C13H11F2NO/c14-13(15)17-12-7-6-10(8-11(12)16)9-4-2-1-3-5-9/h1-8,13H,16H2. The molecule has 2 aromatic rings. The first-order valence-corrected chi connectivity index (χ1v) is 5.06. The summed E-state index contributed by atoms with van der Waals surface area (Å²) in [5.74, 6) is -0.000295. The van der Waals surface area contributed by atoms with Crippen LogP contribution in [0.1, 0.15) is 0 Å². The minimum absolute atomic E-state index is 0.000295. The largest absolute Gasteiger partial charge is 0.433 e. The van der Waals surface area contributed by atoms with Crippen molar-refractivity contribution in [1.82, 2.24) is 0 Å². The van der Waals surface area contributed by atoms with Gasteiger partial charge in [0, 0.05) is 0 Å². The molecule has 0 amide bonds. The molecule has 0 aromatic heterocycles. The van der Waals surface area contributed by atoms with Crippen molar-refractivity contribution in [2.75, 3.05) is 5.73 Å². The zero-order valence-corrected chi connectivity index (χ0v) is 8.94. The van der Waals surface area contributed by atoms with Gasteiger partial charge in [0.25, 0.3) is 0 Å². The molecule has 0 saturated carbocycles. The molecular formula is C13H11F2NO. The van der Waals surface area contributed by atoms with Gasteiger partial charge in [0.15, 0.2) is 0 Å². The lowest BCUT2D eigenvalue weighted by molar-refractivity contribution is -0.0493. The van der Waals surface area contributed by atoms with E-state index < -0.39 is 6.61 Å². The SMILES string of the molecule is Nc1cc(-c2ccccc2)ccc1OC(F)F. The first kappa shape index (κ1) is 11.4. The minimum Gasteiger partial charge on any atom is -0.433 e. The first-order valence-electron chi connectivity index (χ1n) is 5.06. The van der Waals surface area contributed by atoms with Gasteiger partial charge in [-0.15, -0.1) is 0 Å². The van der Waals surface area contributed by atoms with Crippen molar-refractivity contribution < 1.29 is 13.5 Å². The van der Waals surface area contributed by atoms with Gasteiger partial charge in [-0.3, -0.25) is 0 Å². The Hall–Kier alpha value is -2.10. The number of hydrogen-bond acceptors (Lipinski definition) is 2. The zero-order chi connectivity index (χ0) is 12.3. The van der Waals surface area contributed by atoms with Crippen LogP contribution in [0.5, 0.6) is 5.75 Å². The summed E-state index contributed by atoms with van der Waals surface area (Å²) in [5.41, 5.74) is 7.69. The maximum absolute atomic E-state index is 12.0. The number of nitrogen functional groups attached to an aromatic ring is 1. The predicted octanol–water partition coefficient (Wildman–Crippen LogP) is 3.54. The van der Waals surface area contributed by atoms with Crippen molar-refractivity contribution in [3.63, 3.8) is 0 Å². The van der Waals surface area contributed by atoms with E-state index in [0.29, 0.717) is 0 Å². The summed E-state index contributed by atoms with van der Waals surface area (Å²) in [6, 6.07) is 14.3. The highest BCUT2D eigenvalue weighted by atomic mass is 19.3. The maximum atomic E-state index is 12.0. The third-order valence-electron chi connectivity index (χ3n) is 2.33. The van der Waals surface area contributed by atoms with Gasteiger partial charge in [-0.1, -0.05) is 36.4 Å². The number of halogens is 2. The molecule has 0 radical (unpaired) electrons. The Morgan fingerprint density at radius 3 is 2.24 bits per heavy atom. The molecule has 2 nitrogen and oxygen atoms in total. The second-order valence-electron chi connectivity index (χ2n) is 3.50. The van der Waals surface area contributed by atoms with Gasteiger partial charge in [-0.25, -0.2) is 0 Å². The quantitative estimate of drug-likeness (QED) is 0.826. The monoisotopic (exact) mass is 235 g/mol. The van der Waals surface area contributed by atoms with Crippen molar-refractivity contribution in [2.24, 2.45) is 0 Å². The molecular weight excluding hydrogens is 224 g/mol. The maximum Gasteiger partial charge on any atom is 0.387 e. The highest BCUT2D eigenvalue weighted by Crippen LogP contribution is 2.29. The van der Waals surface area contributed by atoms with Crippen molar-refractivity contribution in [1.29, 1.82) is 0 Å². The molecule has 0 heterocycles. The summed E-state index contributed by atoms with van der Waals surface area (Å²) in [4.78, 5) is 0. The van der Waals surface area contributed by atoms with Gasteiger partial charge in [-0.2, -0.15) is 8.78 Å². The molecule has 0 aliphatic rings. The van der Waals surface area contributed by atoms with Crippen molar-refractivity contribution in [3.05, 3.63) is 48.5 Å². The van der Waals surface area contributed by atoms with E-state index in [4.69, 9.17) is 5.73 Å². The molecule has 0 atom stereocenters. The highest BCUT2D eigenvalue weighted by molar-refractivity contribution is 5.70. The van der Waals surface area contributed by atoms with Crippen molar-refractivity contribution in [3.8, 4) is 16.9 Å². The molecule has 2 rings (SSSR count). The summed E-state index contributed by atoms with van der Waals surface area (Å²) in [6.45, 7) is -2.86. The number of anilines is 1. The number of hydrogen-bond donors (Lipinski definition) is 1.